The van der Waals surface area contributed by atoms with E-state index in [-0.39, 0.29) is 48.9 Å². The van der Waals surface area contributed by atoms with Crippen LogP contribution in [0.25, 0.3) is 0 Å². The summed E-state index contributed by atoms with van der Waals surface area (Å²) in [5.41, 5.74) is 1.71. The first-order valence-corrected chi connectivity index (χ1v) is 27.6. The van der Waals surface area contributed by atoms with Gasteiger partial charge in [-0.1, -0.05) is 155 Å². The van der Waals surface area contributed by atoms with Crippen LogP contribution in [-0.2, 0) is 41.5 Å². The fourth-order valence-corrected chi connectivity index (χ4v) is 9.06. The lowest BCUT2D eigenvalue weighted by Gasteiger charge is -2.34. The molecule has 384 valence electrons. The molecular formula is C58H94N2O8. The summed E-state index contributed by atoms with van der Waals surface area (Å²) >= 11 is 0. The van der Waals surface area contributed by atoms with Gasteiger partial charge in [0.2, 0.25) is 0 Å². The highest BCUT2D eigenvalue weighted by Gasteiger charge is 2.20. The molecule has 68 heavy (non-hydrogen) atoms. The topological polar surface area (TPSA) is 112 Å². The maximum Gasteiger partial charge on any atom is 0.311 e. The van der Waals surface area contributed by atoms with Gasteiger partial charge in [0.05, 0.1) is 12.8 Å². The van der Waals surface area contributed by atoms with Crippen molar-refractivity contribution in [1.29, 1.82) is 0 Å². The van der Waals surface area contributed by atoms with Gasteiger partial charge in [0.15, 0.2) is 0 Å². The van der Waals surface area contributed by atoms with Crippen molar-refractivity contribution in [2.45, 2.75) is 233 Å². The van der Waals surface area contributed by atoms with E-state index in [2.05, 4.69) is 37.5 Å². The van der Waals surface area contributed by atoms with Gasteiger partial charge in [0.1, 0.15) is 23.7 Å². The van der Waals surface area contributed by atoms with Crippen molar-refractivity contribution in [2.75, 3.05) is 39.3 Å². The van der Waals surface area contributed by atoms with Crippen LogP contribution in [0.5, 0.6) is 11.5 Å². The van der Waals surface area contributed by atoms with Gasteiger partial charge in [-0.15, -0.1) is 0 Å². The van der Waals surface area contributed by atoms with Gasteiger partial charge in [0, 0.05) is 39.0 Å². The van der Waals surface area contributed by atoms with Gasteiger partial charge in [-0.25, -0.2) is 0 Å². The maximum absolute atomic E-state index is 12.9. The molecule has 1 saturated heterocycles. The third kappa shape index (κ3) is 28.7. The van der Waals surface area contributed by atoms with Gasteiger partial charge in [-0.2, -0.15) is 0 Å². The zero-order valence-corrected chi connectivity index (χ0v) is 43.4. The number of rotatable bonds is 40. The first-order chi connectivity index (χ1) is 33.2. The standard InChI is InChI=1S/C58H94N2O8/c1-5-9-13-17-21-27-51(28-22-18-14-10-6-2)67-57(63)47-49-33-37-53(38-34-49)65-55(61)31-25-41-59-43-45-60(46-44-59)42-26-32-56(62)66-54-39-35-50(36-40-54)48-58(64)68-52(29-23-19-15-11-7-3)30-24-20-16-12-8-4/h33-40,51-52H,5-32,41-48H2,1-4H3. The number of piperazine rings is 1. The molecule has 1 aliphatic heterocycles. The van der Waals surface area contributed by atoms with Crippen LogP contribution in [0.15, 0.2) is 48.5 Å². The van der Waals surface area contributed by atoms with Gasteiger partial charge in [-0.3, -0.25) is 19.2 Å². The number of unbranched alkanes of at least 4 members (excludes halogenated alkanes) is 16. The van der Waals surface area contributed by atoms with E-state index in [0.717, 1.165) is 115 Å². The Labute approximate surface area is 413 Å². The molecule has 2 aromatic rings. The van der Waals surface area contributed by atoms with Crippen molar-refractivity contribution >= 4 is 23.9 Å². The number of hydrogen-bond donors (Lipinski definition) is 0. The molecule has 0 bridgehead atoms. The Kier molecular flexibility index (Phi) is 32.8. The largest absolute Gasteiger partial charge is 0.462 e. The Morgan fingerprint density at radius 1 is 0.397 bits per heavy atom. The lowest BCUT2D eigenvalue weighted by molar-refractivity contribution is -0.150. The molecule has 10 nitrogen and oxygen atoms in total. The second kappa shape index (κ2) is 38.0. The first-order valence-electron chi connectivity index (χ1n) is 27.6. The monoisotopic (exact) mass is 947 g/mol. The van der Waals surface area contributed by atoms with E-state index >= 15 is 0 Å². The third-order valence-corrected chi connectivity index (χ3v) is 13.3. The van der Waals surface area contributed by atoms with Crippen molar-refractivity contribution < 1.29 is 38.1 Å². The number of hydrogen-bond acceptors (Lipinski definition) is 10. The van der Waals surface area contributed by atoms with Crippen LogP contribution >= 0.6 is 0 Å². The Balaban J connectivity index is 1.26. The molecule has 10 heteroatoms. The Bertz CT molecular complexity index is 1460. The smallest absolute Gasteiger partial charge is 0.311 e. The summed E-state index contributed by atoms with van der Waals surface area (Å²) in [6.45, 7) is 14.2. The maximum atomic E-state index is 12.9. The molecule has 0 spiro atoms. The Hall–Kier alpha value is -3.76. The molecule has 0 unspecified atom stereocenters. The molecule has 0 atom stereocenters. The summed E-state index contributed by atoms with van der Waals surface area (Å²) in [5.74, 6) is 0.0970. The van der Waals surface area contributed by atoms with Crippen LogP contribution in [0.4, 0.5) is 0 Å². The Morgan fingerprint density at radius 3 is 0.985 bits per heavy atom. The van der Waals surface area contributed by atoms with Gasteiger partial charge < -0.3 is 28.7 Å². The van der Waals surface area contributed by atoms with E-state index in [0.29, 0.717) is 24.3 Å². The highest BCUT2D eigenvalue weighted by atomic mass is 16.6. The molecule has 3 rings (SSSR count). The van der Waals surface area contributed by atoms with Crippen LogP contribution in [0.1, 0.15) is 219 Å². The van der Waals surface area contributed by atoms with E-state index in [1.54, 1.807) is 24.3 Å². The van der Waals surface area contributed by atoms with Crippen molar-refractivity contribution in [1.82, 2.24) is 9.80 Å². The summed E-state index contributed by atoms with van der Waals surface area (Å²) in [6, 6.07) is 14.4. The SMILES string of the molecule is CCCCCCCC(CCCCCCC)OC(=O)Cc1ccc(OC(=O)CCCN2CCN(CCCC(=O)Oc3ccc(CC(=O)OC(CCCCCCC)CCCCCCC)cc3)CC2)cc1. The lowest BCUT2D eigenvalue weighted by atomic mass is 10.0. The molecular weight excluding hydrogens is 853 g/mol. The fraction of sp³-hybridized carbons (Fsp3) is 0.724. The van der Waals surface area contributed by atoms with Crippen molar-refractivity contribution in [3.05, 3.63) is 59.7 Å². The summed E-state index contributed by atoms with van der Waals surface area (Å²) in [4.78, 5) is 55.9. The molecule has 0 N–H and O–H groups in total. The highest BCUT2D eigenvalue weighted by Crippen LogP contribution is 2.21. The predicted octanol–water partition coefficient (Wildman–Crippen LogP) is 13.7. The lowest BCUT2D eigenvalue weighted by Crippen LogP contribution is -2.46. The van der Waals surface area contributed by atoms with Crippen molar-refractivity contribution in [3.63, 3.8) is 0 Å². The minimum atomic E-state index is -0.255. The number of nitrogens with zero attached hydrogens (tertiary/aromatic N) is 2. The fourth-order valence-electron chi connectivity index (χ4n) is 9.06. The van der Waals surface area contributed by atoms with Crippen LogP contribution < -0.4 is 9.47 Å². The quantitative estimate of drug-likeness (QED) is 0.0364. The minimum absolute atomic E-state index is 0.00975. The number of carbonyl (C=O) groups is 4. The van der Waals surface area contributed by atoms with E-state index < -0.39 is 0 Å². The van der Waals surface area contributed by atoms with Gasteiger partial charge >= 0.3 is 23.9 Å². The van der Waals surface area contributed by atoms with E-state index in [1.165, 1.54) is 103 Å². The second-order valence-electron chi connectivity index (χ2n) is 19.5. The average Bonchev–Trinajstić information content (AvgIpc) is 3.32. The number of ether oxygens (including phenoxy) is 4. The van der Waals surface area contributed by atoms with E-state index in [1.807, 2.05) is 24.3 Å². The first kappa shape index (κ1) is 58.6. The molecule has 2 aromatic carbocycles. The molecule has 1 aliphatic rings. The van der Waals surface area contributed by atoms with Crippen LogP contribution in [0, 0.1) is 0 Å². The van der Waals surface area contributed by atoms with Crippen LogP contribution in [-0.4, -0.2) is 85.2 Å². The van der Waals surface area contributed by atoms with Crippen LogP contribution in [0.2, 0.25) is 0 Å². The van der Waals surface area contributed by atoms with Crippen molar-refractivity contribution in [2.24, 2.45) is 0 Å². The molecule has 0 aliphatic carbocycles. The Morgan fingerprint density at radius 2 is 0.691 bits per heavy atom. The van der Waals surface area contributed by atoms with Crippen molar-refractivity contribution in [3.8, 4) is 11.5 Å². The van der Waals surface area contributed by atoms with Gasteiger partial charge in [0.25, 0.3) is 0 Å². The minimum Gasteiger partial charge on any atom is -0.462 e. The summed E-state index contributed by atoms with van der Waals surface area (Å²) in [6.07, 6.45) is 30.4. The molecule has 0 aromatic heterocycles. The summed E-state index contributed by atoms with van der Waals surface area (Å²) < 4.78 is 23.2. The molecule has 0 saturated carbocycles. The molecule has 0 radical (unpaired) electrons. The zero-order chi connectivity index (χ0) is 48.9. The molecule has 1 heterocycles. The summed E-state index contributed by atoms with van der Waals surface area (Å²) in [5, 5.41) is 0. The third-order valence-electron chi connectivity index (χ3n) is 13.3. The second-order valence-corrected chi connectivity index (χ2v) is 19.5. The molecule has 0 amide bonds. The zero-order valence-electron chi connectivity index (χ0n) is 43.4. The average molecular weight is 947 g/mol. The van der Waals surface area contributed by atoms with Gasteiger partial charge in [-0.05, 0) is 113 Å². The number of benzene rings is 2. The number of carbonyl (C=O) groups excluding carboxylic acids is 4. The summed E-state index contributed by atoms with van der Waals surface area (Å²) in [7, 11) is 0. The highest BCUT2D eigenvalue weighted by molar-refractivity contribution is 5.74. The van der Waals surface area contributed by atoms with Crippen LogP contribution in [0.3, 0.4) is 0 Å². The normalized spacial score (nSPS) is 13.3. The molecule has 1 fully saturated rings. The van der Waals surface area contributed by atoms with E-state index in [9.17, 15) is 19.2 Å². The predicted molar refractivity (Wildman–Crippen MR) is 276 cm³/mol. The van der Waals surface area contributed by atoms with E-state index in [4.69, 9.17) is 18.9 Å². The number of esters is 4.